The number of halogens is 1. The van der Waals surface area contributed by atoms with Crippen LogP contribution in [0.2, 0.25) is 0 Å². The second-order valence-electron chi connectivity index (χ2n) is 4.41. The Balaban J connectivity index is 0.00000162. The number of morpholine rings is 1. The Bertz CT molecular complexity index is 340. The minimum Gasteiger partial charge on any atom is -0.497 e. The number of benzene rings is 1. The molecule has 0 bridgehead atoms. The van der Waals surface area contributed by atoms with E-state index in [2.05, 4.69) is 23.1 Å². The van der Waals surface area contributed by atoms with Crippen LogP contribution in [0.5, 0.6) is 5.75 Å². The van der Waals surface area contributed by atoms with E-state index in [0.29, 0.717) is 0 Å². The topological polar surface area (TPSA) is 21.7 Å². The van der Waals surface area contributed by atoms with Crippen molar-refractivity contribution in [3.63, 3.8) is 0 Å². The number of hydrogen-bond acceptors (Lipinski definition) is 3. The standard InChI is InChI=1S/C14H21NO2.ClH/c1-16-14-6-2-4-13(12-14)5-3-7-15-8-10-17-11-9-15;/h2,4,6,12H,3,5,7-11H2,1H3;1H. The fraction of sp³-hybridized carbons (Fsp3) is 0.571. The highest BCUT2D eigenvalue weighted by Gasteiger charge is 2.09. The molecular weight excluding hydrogens is 250 g/mol. The fourth-order valence-electron chi connectivity index (χ4n) is 2.16. The summed E-state index contributed by atoms with van der Waals surface area (Å²) in [6.45, 7) is 5.11. The molecule has 18 heavy (non-hydrogen) atoms. The molecule has 1 saturated heterocycles. The molecule has 0 unspecified atom stereocenters. The van der Waals surface area contributed by atoms with Gasteiger partial charge in [0, 0.05) is 13.1 Å². The molecule has 0 spiro atoms. The van der Waals surface area contributed by atoms with Gasteiger partial charge in [-0.15, -0.1) is 12.4 Å². The van der Waals surface area contributed by atoms with Crippen LogP contribution in [-0.2, 0) is 11.2 Å². The van der Waals surface area contributed by atoms with Crippen molar-refractivity contribution in [1.82, 2.24) is 4.90 Å². The molecule has 1 fully saturated rings. The van der Waals surface area contributed by atoms with Crippen LogP contribution in [0.4, 0.5) is 0 Å². The lowest BCUT2D eigenvalue weighted by atomic mass is 10.1. The van der Waals surface area contributed by atoms with Crippen molar-refractivity contribution in [3.05, 3.63) is 29.8 Å². The Hall–Kier alpha value is -0.770. The zero-order chi connectivity index (χ0) is 11.9. The monoisotopic (exact) mass is 271 g/mol. The van der Waals surface area contributed by atoms with E-state index in [-0.39, 0.29) is 12.4 Å². The molecule has 1 aliphatic rings. The van der Waals surface area contributed by atoms with Crippen LogP contribution in [0.25, 0.3) is 0 Å². The molecule has 0 amide bonds. The molecule has 4 heteroatoms. The molecule has 0 aliphatic carbocycles. The van der Waals surface area contributed by atoms with Gasteiger partial charge in [-0.3, -0.25) is 4.90 Å². The van der Waals surface area contributed by atoms with Crippen molar-refractivity contribution < 1.29 is 9.47 Å². The Morgan fingerprint density at radius 3 is 2.78 bits per heavy atom. The molecule has 0 N–H and O–H groups in total. The van der Waals surface area contributed by atoms with Crippen LogP contribution in [-0.4, -0.2) is 44.9 Å². The highest BCUT2D eigenvalue weighted by molar-refractivity contribution is 5.85. The summed E-state index contributed by atoms with van der Waals surface area (Å²) in [7, 11) is 1.72. The molecule has 3 nitrogen and oxygen atoms in total. The van der Waals surface area contributed by atoms with E-state index >= 15 is 0 Å². The highest BCUT2D eigenvalue weighted by atomic mass is 35.5. The summed E-state index contributed by atoms with van der Waals surface area (Å²) in [5.74, 6) is 0.953. The molecule has 1 heterocycles. The number of hydrogen-bond donors (Lipinski definition) is 0. The molecule has 2 rings (SSSR count). The van der Waals surface area contributed by atoms with Gasteiger partial charge in [0.25, 0.3) is 0 Å². The maximum absolute atomic E-state index is 5.34. The highest BCUT2D eigenvalue weighted by Crippen LogP contribution is 2.14. The van der Waals surface area contributed by atoms with E-state index in [1.807, 2.05) is 6.07 Å². The molecule has 0 aromatic heterocycles. The van der Waals surface area contributed by atoms with Gasteiger partial charge in [-0.25, -0.2) is 0 Å². The molecule has 1 aliphatic heterocycles. The maximum atomic E-state index is 5.34. The van der Waals surface area contributed by atoms with Gasteiger partial charge in [-0.2, -0.15) is 0 Å². The summed E-state index contributed by atoms with van der Waals surface area (Å²) >= 11 is 0. The summed E-state index contributed by atoms with van der Waals surface area (Å²) in [4.78, 5) is 2.48. The number of nitrogens with zero attached hydrogens (tertiary/aromatic N) is 1. The second kappa shape index (κ2) is 8.35. The van der Waals surface area contributed by atoms with Crippen molar-refractivity contribution in [2.75, 3.05) is 40.0 Å². The maximum Gasteiger partial charge on any atom is 0.119 e. The van der Waals surface area contributed by atoms with Crippen LogP contribution in [0.15, 0.2) is 24.3 Å². The van der Waals surface area contributed by atoms with Gasteiger partial charge >= 0.3 is 0 Å². The Morgan fingerprint density at radius 1 is 1.28 bits per heavy atom. The predicted octanol–water partition coefficient (Wildman–Crippen LogP) is 2.38. The average molecular weight is 272 g/mol. The van der Waals surface area contributed by atoms with Crippen molar-refractivity contribution in [1.29, 1.82) is 0 Å². The summed E-state index contributed by atoms with van der Waals surface area (Å²) in [5.41, 5.74) is 1.36. The van der Waals surface area contributed by atoms with Crippen molar-refractivity contribution in [2.24, 2.45) is 0 Å². The van der Waals surface area contributed by atoms with Crippen molar-refractivity contribution in [2.45, 2.75) is 12.8 Å². The van der Waals surface area contributed by atoms with Gasteiger partial charge in [0.2, 0.25) is 0 Å². The molecule has 1 aromatic rings. The first-order chi connectivity index (χ1) is 8.38. The first-order valence-corrected chi connectivity index (χ1v) is 6.31. The summed E-state index contributed by atoms with van der Waals surface area (Å²) in [5, 5.41) is 0. The molecule has 0 radical (unpaired) electrons. The summed E-state index contributed by atoms with van der Waals surface area (Å²) in [6, 6.07) is 8.34. The van der Waals surface area contributed by atoms with Crippen LogP contribution in [0.3, 0.4) is 0 Å². The number of rotatable bonds is 5. The summed E-state index contributed by atoms with van der Waals surface area (Å²) < 4.78 is 10.6. The molecular formula is C14H22ClNO2. The SMILES string of the molecule is COc1cccc(CCCN2CCOCC2)c1.Cl. The third-order valence-corrected chi connectivity index (χ3v) is 3.18. The van der Waals surface area contributed by atoms with E-state index < -0.39 is 0 Å². The van der Waals surface area contributed by atoms with E-state index in [0.717, 1.165) is 38.5 Å². The van der Waals surface area contributed by atoms with Gasteiger partial charge in [0.05, 0.1) is 20.3 Å². The average Bonchev–Trinajstić information content (AvgIpc) is 2.40. The molecule has 0 atom stereocenters. The zero-order valence-electron chi connectivity index (χ0n) is 10.9. The Labute approximate surface area is 115 Å². The number of ether oxygens (including phenoxy) is 2. The lowest BCUT2D eigenvalue weighted by Crippen LogP contribution is -2.36. The van der Waals surface area contributed by atoms with E-state index in [4.69, 9.17) is 9.47 Å². The quantitative estimate of drug-likeness (QED) is 0.821. The fourth-order valence-corrected chi connectivity index (χ4v) is 2.16. The largest absolute Gasteiger partial charge is 0.497 e. The second-order valence-corrected chi connectivity index (χ2v) is 4.41. The smallest absolute Gasteiger partial charge is 0.119 e. The molecule has 0 saturated carbocycles. The van der Waals surface area contributed by atoms with Gasteiger partial charge in [-0.05, 0) is 37.1 Å². The minimum atomic E-state index is 0. The predicted molar refractivity (Wildman–Crippen MR) is 75.8 cm³/mol. The van der Waals surface area contributed by atoms with Gasteiger partial charge in [0.15, 0.2) is 0 Å². The first kappa shape index (κ1) is 15.3. The van der Waals surface area contributed by atoms with E-state index in [1.165, 1.54) is 18.5 Å². The normalized spacial score (nSPS) is 16.1. The number of methoxy groups -OCH3 is 1. The Kier molecular flexibility index (Phi) is 7.09. The molecule has 102 valence electrons. The summed E-state index contributed by atoms with van der Waals surface area (Å²) in [6.07, 6.45) is 2.32. The van der Waals surface area contributed by atoms with Crippen LogP contribution in [0.1, 0.15) is 12.0 Å². The third kappa shape index (κ3) is 4.84. The zero-order valence-corrected chi connectivity index (χ0v) is 11.7. The van der Waals surface area contributed by atoms with Crippen molar-refractivity contribution >= 4 is 12.4 Å². The van der Waals surface area contributed by atoms with Gasteiger partial charge in [-0.1, -0.05) is 12.1 Å². The van der Waals surface area contributed by atoms with Crippen LogP contribution >= 0.6 is 12.4 Å². The lowest BCUT2D eigenvalue weighted by molar-refractivity contribution is 0.0374. The Morgan fingerprint density at radius 2 is 2.06 bits per heavy atom. The van der Waals surface area contributed by atoms with Crippen LogP contribution < -0.4 is 4.74 Å². The van der Waals surface area contributed by atoms with Crippen molar-refractivity contribution in [3.8, 4) is 5.75 Å². The van der Waals surface area contributed by atoms with Crippen LogP contribution in [0, 0.1) is 0 Å². The minimum absolute atomic E-state index is 0. The lowest BCUT2D eigenvalue weighted by Gasteiger charge is -2.26. The molecule has 1 aromatic carbocycles. The van der Waals surface area contributed by atoms with E-state index in [9.17, 15) is 0 Å². The van der Waals surface area contributed by atoms with Gasteiger partial charge < -0.3 is 9.47 Å². The first-order valence-electron chi connectivity index (χ1n) is 6.31. The van der Waals surface area contributed by atoms with E-state index in [1.54, 1.807) is 7.11 Å². The number of aryl methyl sites for hydroxylation is 1. The third-order valence-electron chi connectivity index (χ3n) is 3.18. The van der Waals surface area contributed by atoms with Gasteiger partial charge in [0.1, 0.15) is 5.75 Å².